The van der Waals surface area contributed by atoms with Crippen LogP contribution in [0, 0.1) is 0 Å². The van der Waals surface area contributed by atoms with Crippen molar-refractivity contribution in [1.82, 2.24) is 10.2 Å². The summed E-state index contributed by atoms with van der Waals surface area (Å²) in [6, 6.07) is 18.6. The van der Waals surface area contributed by atoms with Gasteiger partial charge in [-0.05, 0) is 24.3 Å². The summed E-state index contributed by atoms with van der Waals surface area (Å²) in [5, 5.41) is 10.00. The van der Waals surface area contributed by atoms with E-state index >= 15 is 0 Å². The van der Waals surface area contributed by atoms with E-state index in [-0.39, 0.29) is 17.7 Å². The number of hydrogen-bond acceptors (Lipinski definition) is 7. The molecular weight excluding hydrogens is 354 g/mol. The monoisotopic (exact) mass is 369 g/mol. The van der Waals surface area contributed by atoms with Gasteiger partial charge in [-0.2, -0.15) is 0 Å². The molecule has 0 radical (unpaired) electrons. The first-order valence-electron chi connectivity index (χ1n) is 7.73. The third kappa shape index (κ3) is 5.18. The molecule has 0 aliphatic carbocycles. The SMILES string of the molecule is O=C(COC(=O)CSc1ccccc1)Nc1nnc(-c2ccccc2)o1. The molecule has 1 N–H and O–H groups in total. The Labute approximate surface area is 153 Å². The van der Waals surface area contributed by atoms with Gasteiger partial charge in [0.15, 0.2) is 6.61 Å². The van der Waals surface area contributed by atoms with Gasteiger partial charge in [0.25, 0.3) is 5.91 Å². The third-order valence-electron chi connectivity index (χ3n) is 3.16. The molecule has 0 bridgehead atoms. The van der Waals surface area contributed by atoms with Crippen molar-refractivity contribution in [2.24, 2.45) is 0 Å². The molecule has 7 nitrogen and oxygen atoms in total. The zero-order chi connectivity index (χ0) is 18.2. The van der Waals surface area contributed by atoms with E-state index < -0.39 is 18.5 Å². The first-order valence-corrected chi connectivity index (χ1v) is 8.71. The molecule has 1 heterocycles. The Morgan fingerprint density at radius 1 is 1.00 bits per heavy atom. The number of thioether (sulfide) groups is 1. The topological polar surface area (TPSA) is 94.3 Å². The van der Waals surface area contributed by atoms with Gasteiger partial charge in [0.05, 0.1) is 5.75 Å². The van der Waals surface area contributed by atoms with Crippen molar-refractivity contribution in [3.63, 3.8) is 0 Å². The maximum atomic E-state index is 11.8. The van der Waals surface area contributed by atoms with Crippen molar-refractivity contribution in [2.75, 3.05) is 17.7 Å². The summed E-state index contributed by atoms with van der Waals surface area (Å²) < 4.78 is 10.3. The zero-order valence-corrected chi connectivity index (χ0v) is 14.4. The lowest BCUT2D eigenvalue weighted by molar-refractivity contribution is -0.144. The van der Waals surface area contributed by atoms with Gasteiger partial charge in [0.1, 0.15) is 0 Å². The highest BCUT2D eigenvalue weighted by molar-refractivity contribution is 8.00. The van der Waals surface area contributed by atoms with Gasteiger partial charge in [-0.1, -0.05) is 41.5 Å². The highest BCUT2D eigenvalue weighted by Crippen LogP contribution is 2.19. The van der Waals surface area contributed by atoms with Crippen molar-refractivity contribution in [3.05, 3.63) is 60.7 Å². The average molecular weight is 369 g/mol. The Morgan fingerprint density at radius 2 is 1.69 bits per heavy atom. The molecule has 0 spiro atoms. The number of benzene rings is 2. The minimum Gasteiger partial charge on any atom is -0.455 e. The number of anilines is 1. The van der Waals surface area contributed by atoms with Gasteiger partial charge in [0.2, 0.25) is 5.89 Å². The molecule has 0 aliphatic heterocycles. The second-order valence-electron chi connectivity index (χ2n) is 5.09. The number of hydrogen-bond donors (Lipinski definition) is 1. The van der Waals surface area contributed by atoms with Crippen molar-refractivity contribution < 1.29 is 18.7 Å². The van der Waals surface area contributed by atoms with E-state index in [1.165, 1.54) is 11.8 Å². The van der Waals surface area contributed by atoms with Crippen molar-refractivity contribution in [2.45, 2.75) is 4.90 Å². The van der Waals surface area contributed by atoms with Gasteiger partial charge in [-0.25, -0.2) is 0 Å². The maximum absolute atomic E-state index is 11.8. The summed E-state index contributed by atoms with van der Waals surface area (Å²) in [4.78, 5) is 24.5. The molecule has 3 aromatic rings. The summed E-state index contributed by atoms with van der Waals surface area (Å²) in [5.41, 5.74) is 0.741. The summed E-state index contributed by atoms with van der Waals surface area (Å²) in [7, 11) is 0. The van der Waals surface area contributed by atoms with Gasteiger partial charge in [-0.3, -0.25) is 14.9 Å². The summed E-state index contributed by atoms with van der Waals surface area (Å²) in [6.45, 7) is -0.419. The van der Waals surface area contributed by atoms with Crippen LogP contribution >= 0.6 is 11.8 Å². The first-order chi connectivity index (χ1) is 12.7. The molecule has 0 unspecified atom stereocenters. The van der Waals surface area contributed by atoms with Crippen LogP contribution in [0.15, 0.2) is 70.0 Å². The van der Waals surface area contributed by atoms with E-state index in [1.54, 1.807) is 0 Å². The summed E-state index contributed by atoms with van der Waals surface area (Å²) in [5.74, 6) is -0.622. The van der Waals surface area contributed by atoms with Crippen LogP contribution in [0.5, 0.6) is 0 Å². The number of esters is 1. The van der Waals surface area contributed by atoms with Crippen molar-refractivity contribution >= 4 is 29.7 Å². The van der Waals surface area contributed by atoms with Crippen LogP contribution in [0.25, 0.3) is 11.5 Å². The normalized spacial score (nSPS) is 10.3. The highest BCUT2D eigenvalue weighted by atomic mass is 32.2. The molecular formula is C18H15N3O4S. The number of nitrogens with zero attached hydrogens (tertiary/aromatic N) is 2. The largest absolute Gasteiger partial charge is 0.455 e. The average Bonchev–Trinajstić information content (AvgIpc) is 3.15. The first kappa shape index (κ1) is 17.7. The quantitative estimate of drug-likeness (QED) is 0.505. The Bertz CT molecular complexity index is 868. The molecule has 132 valence electrons. The van der Waals surface area contributed by atoms with Crippen molar-refractivity contribution in [1.29, 1.82) is 0 Å². The Morgan fingerprint density at radius 3 is 2.42 bits per heavy atom. The van der Waals surface area contributed by atoms with Crippen LogP contribution < -0.4 is 5.32 Å². The molecule has 1 amide bonds. The Balaban J connectivity index is 1.43. The van der Waals surface area contributed by atoms with E-state index in [0.717, 1.165) is 10.5 Å². The Kier molecular flexibility index (Phi) is 6.00. The molecule has 1 aromatic heterocycles. The fourth-order valence-electron chi connectivity index (χ4n) is 1.97. The van der Waals surface area contributed by atoms with E-state index in [2.05, 4.69) is 15.5 Å². The molecule has 8 heteroatoms. The van der Waals surface area contributed by atoms with Crippen LogP contribution in [0.3, 0.4) is 0 Å². The van der Waals surface area contributed by atoms with Gasteiger partial charge < -0.3 is 9.15 Å². The minimum absolute atomic E-state index is 0.0523. The number of rotatable bonds is 7. The standard InChI is InChI=1S/C18H15N3O4S/c22-15(11-24-16(23)12-26-14-9-5-2-6-10-14)19-18-21-20-17(25-18)13-7-3-1-4-8-13/h1-10H,11-12H2,(H,19,21,22). The molecule has 3 rings (SSSR count). The number of amides is 1. The van der Waals surface area contributed by atoms with Crippen molar-refractivity contribution in [3.8, 4) is 11.5 Å². The van der Waals surface area contributed by atoms with Crippen LogP contribution in [0.4, 0.5) is 6.01 Å². The van der Waals surface area contributed by atoms with Gasteiger partial charge >= 0.3 is 12.0 Å². The lowest BCUT2D eigenvalue weighted by atomic mass is 10.2. The third-order valence-corrected chi connectivity index (χ3v) is 4.14. The number of ether oxygens (including phenoxy) is 1. The number of carbonyl (C=O) groups is 2. The zero-order valence-electron chi connectivity index (χ0n) is 13.6. The van der Waals surface area contributed by atoms with Crippen LogP contribution in [-0.4, -0.2) is 34.4 Å². The summed E-state index contributed by atoms with van der Waals surface area (Å²) >= 11 is 1.34. The molecule has 0 saturated carbocycles. The minimum atomic E-state index is -0.550. The molecule has 0 fully saturated rings. The fraction of sp³-hybridized carbons (Fsp3) is 0.111. The van der Waals surface area contributed by atoms with E-state index in [1.807, 2.05) is 60.7 Å². The summed E-state index contributed by atoms with van der Waals surface area (Å²) in [6.07, 6.45) is 0. The van der Waals surface area contributed by atoms with E-state index in [4.69, 9.17) is 9.15 Å². The second-order valence-corrected chi connectivity index (χ2v) is 6.14. The molecule has 0 aliphatic rings. The molecule has 26 heavy (non-hydrogen) atoms. The lowest BCUT2D eigenvalue weighted by Gasteiger charge is -2.04. The van der Waals surface area contributed by atoms with Crippen LogP contribution in [-0.2, 0) is 14.3 Å². The van der Waals surface area contributed by atoms with Crippen LogP contribution in [0.1, 0.15) is 0 Å². The smallest absolute Gasteiger partial charge is 0.322 e. The fourth-order valence-corrected chi connectivity index (χ4v) is 2.69. The van der Waals surface area contributed by atoms with E-state index in [9.17, 15) is 9.59 Å². The van der Waals surface area contributed by atoms with Crippen LogP contribution in [0.2, 0.25) is 0 Å². The number of aromatic nitrogens is 2. The van der Waals surface area contributed by atoms with E-state index in [0.29, 0.717) is 0 Å². The van der Waals surface area contributed by atoms with Gasteiger partial charge in [0, 0.05) is 10.5 Å². The maximum Gasteiger partial charge on any atom is 0.322 e. The highest BCUT2D eigenvalue weighted by Gasteiger charge is 2.13. The number of nitrogens with one attached hydrogen (secondary N) is 1. The Hall–Kier alpha value is -3.13. The molecule has 0 atom stereocenters. The molecule has 0 saturated heterocycles. The molecule has 2 aromatic carbocycles. The predicted molar refractivity (Wildman–Crippen MR) is 96.5 cm³/mol. The number of carbonyl (C=O) groups excluding carboxylic acids is 2. The van der Waals surface area contributed by atoms with Gasteiger partial charge in [-0.15, -0.1) is 16.9 Å². The second kappa shape index (κ2) is 8.82. The lowest BCUT2D eigenvalue weighted by Crippen LogP contribution is -2.21. The predicted octanol–water partition coefficient (Wildman–Crippen LogP) is 3.01.